The van der Waals surface area contributed by atoms with Gasteiger partial charge in [-0.2, -0.15) is 11.8 Å². The maximum Gasteiger partial charge on any atom is 0.244 e. The summed E-state index contributed by atoms with van der Waals surface area (Å²) in [7, 11) is 0. The molecule has 23 heavy (non-hydrogen) atoms. The van der Waals surface area contributed by atoms with Crippen molar-refractivity contribution < 1.29 is 9.59 Å². The molecule has 1 aliphatic heterocycles. The third kappa shape index (κ3) is 3.93. The molecule has 1 aliphatic rings. The lowest BCUT2D eigenvalue weighted by Gasteiger charge is -2.29. The number of thioether (sulfide) groups is 1. The lowest BCUT2D eigenvalue weighted by Crippen LogP contribution is -2.42. The van der Waals surface area contributed by atoms with Gasteiger partial charge in [-0.15, -0.1) is 0 Å². The first-order valence-corrected chi connectivity index (χ1v) is 8.70. The van der Waals surface area contributed by atoms with Crippen LogP contribution < -0.4 is 10.2 Å². The van der Waals surface area contributed by atoms with E-state index in [1.165, 1.54) is 5.56 Å². The normalized spacial score (nSPS) is 13.4. The van der Waals surface area contributed by atoms with Crippen LogP contribution in [0.2, 0.25) is 0 Å². The summed E-state index contributed by atoms with van der Waals surface area (Å²) in [5.41, 5.74) is 2.74. The van der Waals surface area contributed by atoms with E-state index in [4.69, 9.17) is 0 Å². The van der Waals surface area contributed by atoms with Crippen LogP contribution in [0.1, 0.15) is 12.0 Å². The number of benzene rings is 2. The van der Waals surface area contributed by atoms with Gasteiger partial charge in [-0.3, -0.25) is 9.59 Å². The first kappa shape index (κ1) is 15.6. The second kappa shape index (κ2) is 7.33. The summed E-state index contributed by atoms with van der Waals surface area (Å²) < 4.78 is 0. The molecule has 0 aromatic heterocycles. The maximum absolute atomic E-state index is 12.5. The Kier molecular flexibility index (Phi) is 4.98. The number of anilines is 2. The van der Waals surface area contributed by atoms with Crippen LogP contribution in [-0.2, 0) is 15.3 Å². The van der Waals surface area contributed by atoms with Gasteiger partial charge in [0.25, 0.3) is 0 Å². The van der Waals surface area contributed by atoms with E-state index in [-0.39, 0.29) is 18.4 Å². The van der Waals surface area contributed by atoms with Gasteiger partial charge in [0.2, 0.25) is 11.8 Å². The first-order valence-electron chi connectivity index (χ1n) is 7.55. The van der Waals surface area contributed by atoms with E-state index in [9.17, 15) is 9.59 Å². The number of hydrogen-bond acceptors (Lipinski definition) is 3. The zero-order valence-electron chi connectivity index (χ0n) is 12.7. The molecular weight excluding hydrogens is 308 g/mol. The van der Waals surface area contributed by atoms with Gasteiger partial charge in [0, 0.05) is 17.9 Å². The maximum atomic E-state index is 12.5. The molecule has 0 atom stereocenters. The molecule has 0 spiro atoms. The van der Waals surface area contributed by atoms with Gasteiger partial charge >= 0.3 is 0 Å². The molecule has 0 saturated heterocycles. The number of nitrogens with one attached hydrogen (secondary N) is 1. The molecule has 2 aromatic rings. The molecule has 118 valence electrons. The lowest BCUT2D eigenvalue weighted by atomic mass is 10.2. The van der Waals surface area contributed by atoms with Crippen LogP contribution in [-0.4, -0.2) is 24.1 Å². The van der Waals surface area contributed by atoms with Crippen LogP contribution in [0.3, 0.4) is 0 Å². The third-order valence-electron chi connectivity index (χ3n) is 3.64. The van der Waals surface area contributed by atoms with Crippen molar-refractivity contribution in [3.8, 4) is 0 Å². The fourth-order valence-corrected chi connectivity index (χ4v) is 3.41. The molecule has 3 rings (SSSR count). The van der Waals surface area contributed by atoms with E-state index < -0.39 is 0 Å². The average molecular weight is 326 g/mol. The number of para-hydroxylation sites is 2. The Morgan fingerprint density at radius 2 is 1.83 bits per heavy atom. The molecule has 4 nitrogen and oxygen atoms in total. The van der Waals surface area contributed by atoms with Crippen LogP contribution in [0.25, 0.3) is 0 Å². The standard InChI is InChI=1S/C18H18N2O2S/c21-17-12-20(16-9-5-4-8-15(16)19-17)18(22)10-11-23-13-14-6-2-1-3-7-14/h1-9H,10-13H2,(H,19,21). The van der Waals surface area contributed by atoms with Crippen molar-refractivity contribution in [2.75, 3.05) is 22.5 Å². The summed E-state index contributed by atoms with van der Waals surface area (Å²) in [4.78, 5) is 25.8. The van der Waals surface area contributed by atoms with E-state index >= 15 is 0 Å². The predicted octanol–water partition coefficient (Wildman–Crippen LogP) is 3.30. The molecule has 1 heterocycles. The number of carbonyl (C=O) groups excluding carboxylic acids is 2. The smallest absolute Gasteiger partial charge is 0.244 e. The van der Waals surface area contributed by atoms with E-state index in [1.807, 2.05) is 42.5 Å². The number of carbonyl (C=O) groups is 2. The van der Waals surface area contributed by atoms with E-state index in [1.54, 1.807) is 16.7 Å². The minimum atomic E-state index is -0.144. The molecule has 0 fully saturated rings. The minimum absolute atomic E-state index is 0.00661. The van der Waals surface area contributed by atoms with Gasteiger partial charge in [0.15, 0.2) is 0 Å². The highest BCUT2D eigenvalue weighted by Gasteiger charge is 2.25. The Hall–Kier alpha value is -2.27. The molecule has 0 radical (unpaired) electrons. The largest absolute Gasteiger partial charge is 0.323 e. The van der Waals surface area contributed by atoms with Crippen molar-refractivity contribution in [3.63, 3.8) is 0 Å². The molecule has 0 bridgehead atoms. The van der Waals surface area contributed by atoms with Crippen molar-refractivity contribution in [2.45, 2.75) is 12.2 Å². The Morgan fingerprint density at radius 3 is 2.65 bits per heavy atom. The van der Waals surface area contributed by atoms with Crippen LogP contribution in [0.4, 0.5) is 11.4 Å². The number of hydrogen-bond donors (Lipinski definition) is 1. The molecule has 0 unspecified atom stereocenters. The number of rotatable bonds is 5. The van der Waals surface area contributed by atoms with Crippen LogP contribution in [0, 0.1) is 0 Å². The van der Waals surface area contributed by atoms with Crippen molar-refractivity contribution in [1.82, 2.24) is 0 Å². The predicted molar refractivity (Wildman–Crippen MR) is 94.6 cm³/mol. The summed E-state index contributed by atoms with van der Waals surface area (Å²) in [5.74, 6) is 1.49. The highest BCUT2D eigenvalue weighted by Crippen LogP contribution is 2.29. The van der Waals surface area contributed by atoms with E-state index in [0.29, 0.717) is 12.1 Å². The third-order valence-corrected chi connectivity index (χ3v) is 4.67. The Bertz CT molecular complexity index is 703. The van der Waals surface area contributed by atoms with Gasteiger partial charge in [-0.05, 0) is 17.7 Å². The van der Waals surface area contributed by atoms with Crippen molar-refractivity contribution in [1.29, 1.82) is 0 Å². The molecular formula is C18H18N2O2S. The SMILES string of the molecule is O=C1CN(C(=O)CCSCc2ccccc2)c2ccccc2N1. The molecule has 1 N–H and O–H groups in total. The molecule has 5 heteroatoms. The second-order valence-corrected chi connectivity index (χ2v) is 6.44. The van der Waals surface area contributed by atoms with E-state index in [2.05, 4.69) is 17.4 Å². The summed E-state index contributed by atoms with van der Waals surface area (Å²) in [5, 5.41) is 2.80. The Morgan fingerprint density at radius 1 is 1.09 bits per heavy atom. The molecule has 0 aliphatic carbocycles. The molecule has 0 saturated carbocycles. The van der Waals surface area contributed by atoms with Crippen LogP contribution in [0.5, 0.6) is 0 Å². The average Bonchev–Trinajstić information content (AvgIpc) is 2.58. The van der Waals surface area contributed by atoms with Gasteiger partial charge in [-0.1, -0.05) is 42.5 Å². The van der Waals surface area contributed by atoms with Gasteiger partial charge in [-0.25, -0.2) is 0 Å². The Labute approximate surface area is 139 Å². The first-order chi connectivity index (χ1) is 11.2. The van der Waals surface area contributed by atoms with Gasteiger partial charge in [0.1, 0.15) is 6.54 Å². The monoisotopic (exact) mass is 326 g/mol. The Balaban J connectivity index is 1.55. The summed E-state index contributed by atoms with van der Waals surface area (Å²) in [6.45, 7) is 0.0964. The zero-order valence-corrected chi connectivity index (χ0v) is 13.5. The van der Waals surface area contributed by atoms with Gasteiger partial charge < -0.3 is 10.2 Å². The van der Waals surface area contributed by atoms with Crippen LogP contribution in [0.15, 0.2) is 54.6 Å². The summed E-state index contributed by atoms with van der Waals surface area (Å²) >= 11 is 1.73. The number of nitrogens with zero attached hydrogens (tertiary/aromatic N) is 1. The molecule has 2 amide bonds. The highest BCUT2D eigenvalue weighted by molar-refractivity contribution is 7.98. The topological polar surface area (TPSA) is 49.4 Å². The fourth-order valence-electron chi connectivity index (χ4n) is 2.51. The number of amides is 2. The van der Waals surface area contributed by atoms with Gasteiger partial charge in [0.05, 0.1) is 11.4 Å². The quantitative estimate of drug-likeness (QED) is 0.858. The van der Waals surface area contributed by atoms with Crippen molar-refractivity contribution >= 4 is 35.0 Å². The lowest BCUT2D eigenvalue weighted by molar-refractivity contribution is -0.121. The summed E-state index contributed by atoms with van der Waals surface area (Å²) in [6, 6.07) is 17.6. The minimum Gasteiger partial charge on any atom is -0.323 e. The molecule has 2 aromatic carbocycles. The summed E-state index contributed by atoms with van der Waals surface area (Å²) in [6.07, 6.45) is 0.430. The zero-order chi connectivity index (χ0) is 16.1. The second-order valence-electron chi connectivity index (χ2n) is 5.33. The fraction of sp³-hybridized carbons (Fsp3) is 0.222. The van der Waals surface area contributed by atoms with Crippen LogP contribution >= 0.6 is 11.8 Å². The number of fused-ring (bicyclic) bond motifs is 1. The van der Waals surface area contributed by atoms with E-state index in [0.717, 1.165) is 17.2 Å². The highest BCUT2D eigenvalue weighted by atomic mass is 32.2. The van der Waals surface area contributed by atoms with Crippen molar-refractivity contribution in [2.24, 2.45) is 0 Å². The van der Waals surface area contributed by atoms with Crippen molar-refractivity contribution in [3.05, 3.63) is 60.2 Å².